The van der Waals surface area contributed by atoms with Crippen LogP contribution in [0.1, 0.15) is 22.5 Å². The Balaban J connectivity index is 2.15. The molecule has 1 aliphatic rings. The van der Waals surface area contributed by atoms with Crippen molar-refractivity contribution in [2.45, 2.75) is 22.7 Å². The molecule has 1 saturated heterocycles. The van der Waals surface area contributed by atoms with Crippen LogP contribution in [-0.4, -0.2) is 61.3 Å². The van der Waals surface area contributed by atoms with Gasteiger partial charge in [0.15, 0.2) is 0 Å². The molecule has 7 nitrogen and oxygen atoms in total. The molecule has 118 valence electrons. The van der Waals surface area contributed by atoms with Gasteiger partial charge in [0, 0.05) is 39.6 Å². The first kappa shape index (κ1) is 16.4. The number of nitrogens with zero attached hydrogens (tertiary/aromatic N) is 1. The highest BCUT2D eigenvalue weighted by Gasteiger charge is 2.35. The summed E-state index contributed by atoms with van der Waals surface area (Å²) in [5.74, 6) is -1.16. The molecule has 0 atom stereocenters. The van der Waals surface area contributed by atoms with Crippen LogP contribution in [0.2, 0.25) is 0 Å². The number of carboxylic acid groups (broad SMARTS) is 1. The number of aliphatic hydroxyl groups is 1. The molecule has 1 aliphatic heterocycles. The van der Waals surface area contributed by atoms with E-state index in [0.29, 0.717) is 37.4 Å². The predicted octanol–water partition coefficient (Wildman–Crippen LogP) is 0.608. The van der Waals surface area contributed by atoms with Crippen molar-refractivity contribution in [1.29, 1.82) is 0 Å². The van der Waals surface area contributed by atoms with Crippen LogP contribution in [0.5, 0.6) is 0 Å². The van der Waals surface area contributed by atoms with Gasteiger partial charge in [0.1, 0.15) is 9.09 Å². The highest BCUT2D eigenvalue weighted by molar-refractivity contribution is 7.91. The summed E-state index contributed by atoms with van der Waals surface area (Å²) in [6.07, 6.45) is 0.745. The molecule has 1 aromatic heterocycles. The summed E-state index contributed by atoms with van der Waals surface area (Å²) in [5.41, 5.74) is -1.10. The van der Waals surface area contributed by atoms with E-state index in [-0.39, 0.29) is 15.6 Å². The lowest BCUT2D eigenvalue weighted by atomic mass is 9.95. The van der Waals surface area contributed by atoms with Gasteiger partial charge in [0.25, 0.3) is 10.0 Å². The van der Waals surface area contributed by atoms with Gasteiger partial charge >= 0.3 is 5.97 Å². The Kier molecular flexibility index (Phi) is 4.69. The van der Waals surface area contributed by atoms with Crippen molar-refractivity contribution in [3.8, 4) is 0 Å². The van der Waals surface area contributed by atoms with Gasteiger partial charge in [-0.25, -0.2) is 13.2 Å². The molecule has 2 rings (SSSR count). The van der Waals surface area contributed by atoms with Crippen LogP contribution in [-0.2, 0) is 14.8 Å². The Morgan fingerprint density at radius 1 is 1.43 bits per heavy atom. The lowest BCUT2D eigenvalue weighted by Crippen LogP contribution is -2.47. The van der Waals surface area contributed by atoms with E-state index < -0.39 is 21.6 Å². The van der Waals surface area contributed by atoms with Gasteiger partial charge in [-0.15, -0.1) is 11.3 Å². The number of hydrogen-bond donors (Lipinski definition) is 2. The number of thiophene rings is 1. The summed E-state index contributed by atoms with van der Waals surface area (Å²) < 4.78 is 30.9. The van der Waals surface area contributed by atoms with Crippen molar-refractivity contribution in [2.75, 3.05) is 26.8 Å². The zero-order valence-electron chi connectivity index (χ0n) is 11.5. The molecule has 0 amide bonds. The van der Waals surface area contributed by atoms with Gasteiger partial charge in [-0.1, -0.05) is 0 Å². The highest BCUT2D eigenvalue weighted by atomic mass is 32.2. The van der Waals surface area contributed by atoms with Crippen molar-refractivity contribution >= 4 is 27.3 Å². The van der Waals surface area contributed by atoms with E-state index in [0.717, 1.165) is 4.31 Å². The first-order valence-electron chi connectivity index (χ1n) is 6.34. The van der Waals surface area contributed by atoms with Gasteiger partial charge < -0.3 is 14.9 Å². The van der Waals surface area contributed by atoms with Crippen LogP contribution in [0.15, 0.2) is 16.3 Å². The van der Waals surface area contributed by atoms with E-state index in [9.17, 15) is 18.3 Å². The summed E-state index contributed by atoms with van der Waals surface area (Å²) >= 11 is 0.702. The minimum atomic E-state index is -3.80. The van der Waals surface area contributed by atoms with Gasteiger partial charge in [-0.3, -0.25) is 0 Å². The molecular formula is C12H17NO6S2. The third kappa shape index (κ3) is 3.61. The Bertz CT molecular complexity index is 617. The first-order valence-corrected chi connectivity index (χ1v) is 8.60. The minimum Gasteiger partial charge on any atom is -0.477 e. The second-order valence-electron chi connectivity index (χ2n) is 5.02. The van der Waals surface area contributed by atoms with Gasteiger partial charge in [0.05, 0.1) is 5.60 Å². The Morgan fingerprint density at radius 3 is 2.57 bits per heavy atom. The van der Waals surface area contributed by atoms with E-state index in [1.165, 1.54) is 19.2 Å². The van der Waals surface area contributed by atoms with Crippen LogP contribution in [0.25, 0.3) is 0 Å². The van der Waals surface area contributed by atoms with E-state index >= 15 is 0 Å². The maximum Gasteiger partial charge on any atom is 0.345 e. The van der Waals surface area contributed by atoms with Crippen LogP contribution in [0.3, 0.4) is 0 Å². The number of rotatable bonds is 5. The Labute approximate surface area is 126 Å². The average Bonchev–Trinajstić information content (AvgIpc) is 2.89. The summed E-state index contributed by atoms with van der Waals surface area (Å²) in [6, 6.07) is 2.53. The highest BCUT2D eigenvalue weighted by Crippen LogP contribution is 2.27. The van der Waals surface area contributed by atoms with Crippen molar-refractivity contribution in [2.24, 2.45) is 0 Å². The van der Waals surface area contributed by atoms with Crippen molar-refractivity contribution in [3.05, 3.63) is 17.0 Å². The first-order chi connectivity index (χ1) is 9.74. The van der Waals surface area contributed by atoms with E-state index in [1.54, 1.807) is 0 Å². The quantitative estimate of drug-likeness (QED) is 0.817. The molecule has 0 bridgehead atoms. The third-order valence-electron chi connectivity index (χ3n) is 3.40. The third-order valence-corrected chi connectivity index (χ3v) is 6.74. The monoisotopic (exact) mass is 335 g/mol. The summed E-state index contributed by atoms with van der Waals surface area (Å²) in [6.45, 7) is 0.748. The van der Waals surface area contributed by atoms with Gasteiger partial charge in [-0.2, -0.15) is 4.31 Å². The number of carboxylic acids is 1. The molecule has 2 N–H and O–H groups in total. The van der Waals surface area contributed by atoms with Gasteiger partial charge in [-0.05, 0) is 12.1 Å². The number of sulfonamides is 1. The Morgan fingerprint density at radius 2 is 2.05 bits per heavy atom. The zero-order valence-corrected chi connectivity index (χ0v) is 13.1. The molecule has 9 heteroatoms. The number of aromatic carboxylic acids is 1. The number of carbonyl (C=O) groups is 1. The normalized spacial score (nSPS) is 18.8. The standard InChI is InChI=1S/C12H17NO6S2/c1-13(8-12(16)4-6-19-7-5-12)21(17,18)10-3-2-9(20-10)11(14)15/h2-3,16H,4-8H2,1H3,(H,14,15). The largest absolute Gasteiger partial charge is 0.477 e. The summed E-state index contributed by atoms with van der Waals surface area (Å²) in [4.78, 5) is 10.8. The molecule has 0 unspecified atom stereocenters. The second-order valence-corrected chi connectivity index (χ2v) is 8.38. The summed E-state index contributed by atoms with van der Waals surface area (Å²) in [7, 11) is -2.42. The van der Waals surface area contributed by atoms with Crippen LogP contribution in [0, 0.1) is 0 Å². The predicted molar refractivity (Wildman–Crippen MR) is 76.1 cm³/mol. The zero-order chi connectivity index (χ0) is 15.7. The average molecular weight is 335 g/mol. The molecule has 0 radical (unpaired) electrons. The maximum absolute atomic E-state index is 12.4. The molecule has 0 saturated carbocycles. The van der Waals surface area contributed by atoms with Crippen LogP contribution in [0.4, 0.5) is 0 Å². The minimum absolute atomic E-state index is 0.0354. The fourth-order valence-electron chi connectivity index (χ4n) is 2.14. The molecular weight excluding hydrogens is 318 g/mol. The second kappa shape index (κ2) is 6.01. The number of likely N-dealkylation sites (N-methyl/N-ethyl adjacent to an activating group) is 1. The SMILES string of the molecule is CN(CC1(O)CCOCC1)S(=O)(=O)c1ccc(C(=O)O)s1. The number of ether oxygens (including phenoxy) is 1. The molecule has 1 aromatic rings. The van der Waals surface area contributed by atoms with Crippen LogP contribution >= 0.6 is 11.3 Å². The lowest BCUT2D eigenvalue weighted by molar-refractivity contribution is -0.0689. The fourth-order valence-corrected chi connectivity index (χ4v) is 4.74. The topological polar surface area (TPSA) is 104 Å². The van der Waals surface area contributed by atoms with Crippen molar-refractivity contribution < 1.29 is 28.2 Å². The number of hydrogen-bond acceptors (Lipinski definition) is 6. The molecule has 0 aliphatic carbocycles. The van der Waals surface area contributed by atoms with Gasteiger partial charge in [0.2, 0.25) is 0 Å². The van der Waals surface area contributed by atoms with E-state index in [1.807, 2.05) is 0 Å². The molecule has 2 heterocycles. The smallest absolute Gasteiger partial charge is 0.345 e. The molecule has 0 spiro atoms. The van der Waals surface area contributed by atoms with E-state index in [4.69, 9.17) is 9.84 Å². The molecule has 1 fully saturated rings. The van der Waals surface area contributed by atoms with Crippen molar-refractivity contribution in [3.63, 3.8) is 0 Å². The fraction of sp³-hybridized carbons (Fsp3) is 0.583. The van der Waals surface area contributed by atoms with Crippen LogP contribution < -0.4 is 0 Å². The maximum atomic E-state index is 12.4. The van der Waals surface area contributed by atoms with E-state index in [2.05, 4.69) is 0 Å². The van der Waals surface area contributed by atoms with Crippen molar-refractivity contribution in [1.82, 2.24) is 4.31 Å². The lowest BCUT2D eigenvalue weighted by Gasteiger charge is -2.34. The summed E-state index contributed by atoms with van der Waals surface area (Å²) in [5, 5.41) is 19.2. The Hall–Kier alpha value is -1.00. The molecule has 0 aromatic carbocycles. The molecule has 21 heavy (non-hydrogen) atoms.